The number of carbonyl (C=O) groups excluding carboxylic acids is 2. The van der Waals surface area contributed by atoms with Crippen molar-refractivity contribution in [2.75, 3.05) is 25.1 Å². The van der Waals surface area contributed by atoms with Crippen LogP contribution in [0, 0.1) is 0 Å². The lowest BCUT2D eigenvalue weighted by Crippen LogP contribution is -2.58. The third-order valence-electron chi connectivity index (χ3n) is 4.79. The molecule has 2 N–H and O–H groups in total. The van der Waals surface area contributed by atoms with Gasteiger partial charge in [-0.1, -0.05) is 0 Å². The number of likely N-dealkylation sites (N-methyl/N-ethyl adjacent to an activating group) is 1. The SMILES string of the molecule is CN1CCc2nc(C(=O)N[C@@H]3CS(=O)(=O)CC[C@@H]3NC(=O)OC(C)(C)C)sc2C1. The van der Waals surface area contributed by atoms with Crippen molar-refractivity contribution >= 4 is 33.2 Å². The molecule has 1 aromatic heterocycles. The number of nitrogens with zero attached hydrogens (tertiary/aromatic N) is 2. The summed E-state index contributed by atoms with van der Waals surface area (Å²) in [7, 11) is -1.29. The lowest BCUT2D eigenvalue weighted by Gasteiger charge is -2.33. The van der Waals surface area contributed by atoms with Crippen LogP contribution < -0.4 is 10.6 Å². The lowest BCUT2D eigenvalue weighted by molar-refractivity contribution is 0.0488. The van der Waals surface area contributed by atoms with Gasteiger partial charge in [-0.15, -0.1) is 11.3 Å². The second-order valence-corrected chi connectivity index (χ2v) is 11.9. The minimum atomic E-state index is -3.30. The Morgan fingerprint density at radius 1 is 1.24 bits per heavy atom. The quantitative estimate of drug-likeness (QED) is 0.712. The van der Waals surface area contributed by atoms with Gasteiger partial charge in [0.2, 0.25) is 0 Å². The van der Waals surface area contributed by atoms with Gasteiger partial charge >= 0.3 is 6.09 Å². The largest absolute Gasteiger partial charge is 0.444 e. The van der Waals surface area contributed by atoms with Crippen LogP contribution >= 0.6 is 11.3 Å². The summed E-state index contributed by atoms with van der Waals surface area (Å²) < 4.78 is 29.5. The number of hydrogen-bond acceptors (Lipinski definition) is 8. The van der Waals surface area contributed by atoms with E-state index in [2.05, 4.69) is 20.5 Å². The van der Waals surface area contributed by atoms with Gasteiger partial charge in [0.15, 0.2) is 14.8 Å². The van der Waals surface area contributed by atoms with Gasteiger partial charge in [-0.2, -0.15) is 0 Å². The van der Waals surface area contributed by atoms with E-state index in [1.54, 1.807) is 20.8 Å². The minimum Gasteiger partial charge on any atom is -0.444 e. The molecule has 162 valence electrons. The summed E-state index contributed by atoms with van der Waals surface area (Å²) in [4.78, 5) is 32.6. The Morgan fingerprint density at radius 2 is 1.97 bits per heavy atom. The molecule has 1 aromatic rings. The molecule has 0 bridgehead atoms. The number of ether oxygens (including phenoxy) is 1. The van der Waals surface area contributed by atoms with Crippen molar-refractivity contribution in [3.05, 3.63) is 15.6 Å². The number of thiazole rings is 1. The number of aromatic nitrogens is 1. The number of hydrogen-bond donors (Lipinski definition) is 2. The van der Waals surface area contributed by atoms with Crippen molar-refractivity contribution in [2.24, 2.45) is 0 Å². The van der Waals surface area contributed by atoms with Crippen LogP contribution in [-0.4, -0.2) is 73.1 Å². The predicted molar refractivity (Wildman–Crippen MR) is 110 cm³/mol. The lowest BCUT2D eigenvalue weighted by atomic mass is 10.1. The molecule has 9 nitrogen and oxygen atoms in total. The molecule has 2 aliphatic heterocycles. The van der Waals surface area contributed by atoms with E-state index in [0.29, 0.717) is 5.01 Å². The maximum Gasteiger partial charge on any atom is 0.407 e. The van der Waals surface area contributed by atoms with Crippen LogP contribution in [0.15, 0.2) is 0 Å². The number of nitrogens with one attached hydrogen (secondary N) is 2. The van der Waals surface area contributed by atoms with E-state index in [4.69, 9.17) is 4.74 Å². The molecule has 0 aromatic carbocycles. The summed E-state index contributed by atoms with van der Waals surface area (Å²) in [5.74, 6) is -0.685. The maximum atomic E-state index is 12.8. The Labute approximate surface area is 175 Å². The van der Waals surface area contributed by atoms with Crippen molar-refractivity contribution in [1.82, 2.24) is 20.5 Å². The maximum absolute atomic E-state index is 12.8. The Bertz CT molecular complexity index is 891. The van der Waals surface area contributed by atoms with Gasteiger partial charge in [0.05, 0.1) is 29.3 Å². The predicted octanol–water partition coefficient (Wildman–Crippen LogP) is 0.941. The number of sulfone groups is 1. The summed E-state index contributed by atoms with van der Waals surface area (Å²) >= 11 is 1.33. The third-order valence-corrected chi connectivity index (χ3v) is 7.60. The molecule has 1 saturated heterocycles. The number of carbonyl (C=O) groups is 2. The molecular weight excluding hydrogens is 416 g/mol. The smallest absolute Gasteiger partial charge is 0.407 e. The van der Waals surface area contributed by atoms with Crippen LogP contribution in [-0.2, 0) is 27.5 Å². The van der Waals surface area contributed by atoms with Gasteiger partial charge in [0.25, 0.3) is 5.91 Å². The summed E-state index contributed by atoms with van der Waals surface area (Å²) in [6, 6.07) is -1.27. The number of fused-ring (bicyclic) bond motifs is 1. The summed E-state index contributed by atoms with van der Waals surface area (Å²) in [5, 5.41) is 5.81. The molecule has 11 heteroatoms. The standard InChI is InChI=1S/C18H28N4O5S2/c1-18(2,3)27-17(24)21-11-6-8-29(25,26)10-13(11)19-15(23)16-20-12-5-7-22(4)9-14(12)28-16/h11,13H,5-10H2,1-4H3,(H,19,23)(H,21,24)/t11-,13+/m0/s1. The zero-order valence-electron chi connectivity index (χ0n) is 17.1. The highest BCUT2D eigenvalue weighted by atomic mass is 32.2. The fourth-order valence-electron chi connectivity index (χ4n) is 3.41. The summed E-state index contributed by atoms with van der Waals surface area (Å²) in [6.45, 7) is 6.89. The molecule has 0 unspecified atom stereocenters. The second-order valence-electron chi connectivity index (χ2n) is 8.61. The van der Waals surface area contributed by atoms with E-state index in [-0.39, 0.29) is 17.9 Å². The third kappa shape index (κ3) is 5.89. The molecule has 2 atom stereocenters. The van der Waals surface area contributed by atoms with Gasteiger partial charge in [0.1, 0.15) is 5.60 Å². The van der Waals surface area contributed by atoms with Crippen LogP contribution in [0.5, 0.6) is 0 Å². The molecule has 3 heterocycles. The zero-order valence-corrected chi connectivity index (χ0v) is 18.8. The first-order valence-corrected chi connectivity index (χ1v) is 12.2. The van der Waals surface area contributed by atoms with Crippen LogP contribution in [0.25, 0.3) is 0 Å². The van der Waals surface area contributed by atoms with E-state index < -0.39 is 39.5 Å². The first-order valence-electron chi connectivity index (χ1n) is 9.60. The number of amides is 2. The molecule has 0 saturated carbocycles. The number of alkyl carbamates (subject to hydrolysis) is 1. The Morgan fingerprint density at radius 3 is 2.66 bits per heavy atom. The van der Waals surface area contributed by atoms with Crippen molar-refractivity contribution < 1.29 is 22.7 Å². The van der Waals surface area contributed by atoms with E-state index in [1.165, 1.54) is 11.3 Å². The van der Waals surface area contributed by atoms with Gasteiger partial charge in [0, 0.05) is 24.4 Å². The average Bonchev–Trinajstić information content (AvgIpc) is 2.98. The molecule has 0 spiro atoms. The summed E-state index contributed by atoms with van der Waals surface area (Å²) in [6.07, 6.45) is 0.371. The van der Waals surface area contributed by atoms with E-state index >= 15 is 0 Å². The Kier molecular flexibility index (Phi) is 6.21. The second kappa shape index (κ2) is 8.19. The highest BCUT2D eigenvalue weighted by molar-refractivity contribution is 7.91. The molecule has 2 amide bonds. The van der Waals surface area contributed by atoms with Gasteiger partial charge in [-0.25, -0.2) is 18.2 Å². The molecule has 0 radical (unpaired) electrons. The Balaban J connectivity index is 1.71. The fourth-order valence-corrected chi connectivity index (χ4v) is 6.14. The van der Waals surface area contributed by atoms with E-state index in [0.717, 1.165) is 30.1 Å². The van der Waals surface area contributed by atoms with Crippen LogP contribution in [0.3, 0.4) is 0 Å². The minimum absolute atomic E-state index is 0.0439. The molecule has 3 rings (SSSR count). The van der Waals surface area contributed by atoms with Crippen LogP contribution in [0.2, 0.25) is 0 Å². The van der Waals surface area contributed by atoms with Gasteiger partial charge in [-0.3, -0.25) is 4.79 Å². The highest BCUT2D eigenvalue weighted by Crippen LogP contribution is 2.25. The normalized spacial score (nSPS) is 24.4. The number of rotatable bonds is 3. The molecule has 1 fully saturated rings. The van der Waals surface area contributed by atoms with Crippen LogP contribution in [0.1, 0.15) is 47.6 Å². The first-order chi connectivity index (χ1) is 13.4. The topological polar surface area (TPSA) is 118 Å². The average molecular weight is 445 g/mol. The van der Waals surface area contributed by atoms with Gasteiger partial charge < -0.3 is 20.3 Å². The van der Waals surface area contributed by atoms with Crippen LogP contribution in [0.4, 0.5) is 4.79 Å². The zero-order chi connectivity index (χ0) is 21.4. The first kappa shape index (κ1) is 22.0. The Hall–Kier alpha value is -1.72. The van der Waals surface area contributed by atoms with Crippen molar-refractivity contribution in [3.8, 4) is 0 Å². The molecule has 29 heavy (non-hydrogen) atoms. The van der Waals surface area contributed by atoms with E-state index in [1.807, 2.05) is 7.05 Å². The summed E-state index contributed by atoms with van der Waals surface area (Å²) in [5.41, 5.74) is 0.259. The van der Waals surface area contributed by atoms with Gasteiger partial charge in [-0.05, 0) is 34.2 Å². The van der Waals surface area contributed by atoms with Crippen molar-refractivity contribution in [3.63, 3.8) is 0 Å². The van der Waals surface area contributed by atoms with Crippen molar-refractivity contribution in [1.29, 1.82) is 0 Å². The molecule has 2 aliphatic rings. The van der Waals surface area contributed by atoms with E-state index in [9.17, 15) is 18.0 Å². The molecular formula is C18H28N4O5S2. The monoisotopic (exact) mass is 444 g/mol. The fraction of sp³-hybridized carbons (Fsp3) is 0.722. The van der Waals surface area contributed by atoms with Crippen molar-refractivity contribution in [2.45, 2.75) is 57.8 Å². The highest BCUT2D eigenvalue weighted by Gasteiger charge is 2.36. The molecule has 0 aliphatic carbocycles.